The van der Waals surface area contributed by atoms with Gasteiger partial charge in [0.15, 0.2) is 6.67 Å². The molecular weight excluding hydrogens is 347 g/mol. The molecule has 3 aromatic rings. The lowest BCUT2D eigenvalue weighted by Crippen LogP contribution is -3.07. The Kier molecular flexibility index (Phi) is 5.08. The lowest BCUT2D eigenvalue weighted by atomic mass is 10.2. The van der Waals surface area contributed by atoms with E-state index in [4.69, 9.17) is 23.8 Å². The Labute approximate surface area is 149 Å². The third kappa shape index (κ3) is 3.56. The Bertz CT molecular complexity index is 871. The molecule has 1 N–H and O–H groups in total. The molecule has 1 unspecified atom stereocenters. The van der Waals surface area contributed by atoms with E-state index in [0.717, 1.165) is 10.6 Å². The largest absolute Gasteiger partial charge is 0.315 e. The quantitative estimate of drug-likeness (QED) is 0.706. The Balaban J connectivity index is 1.77. The second-order valence-electron chi connectivity index (χ2n) is 5.61. The first-order chi connectivity index (χ1) is 11.6. The van der Waals surface area contributed by atoms with Crippen molar-refractivity contribution in [3.05, 3.63) is 76.0 Å². The van der Waals surface area contributed by atoms with Gasteiger partial charge < -0.3 is 4.90 Å². The summed E-state index contributed by atoms with van der Waals surface area (Å²) in [5, 5.41) is 4.78. The Morgan fingerprint density at radius 1 is 1.17 bits per heavy atom. The molecule has 2 aromatic carbocycles. The van der Waals surface area contributed by atoms with Crippen molar-refractivity contribution >= 4 is 23.8 Å². The SMILES string of the molecule is C[NH+](Cc1c(F)cccc1Cl)Cn1ncn(-c2ccccc2)c1=S. The highest BCUT2D eigenvalue weighted by molar-refractivity contribution is 7.71. The van der Waals surface area contributed by atoms with Gasteiger partial charge in [0, 0.05) is 5.69 Å². The molecule has 0 saturated carbocycles. The normalized spacial score (nSPS) is 12.3. The van der Waals surface area contributed by atoms with Crippen molar-refractivity contribution in [1.82, 2.24) is 14.3 Å². The number of rotatable bonds is 5. The first kappa shape index (κ1) is 16.8. The van der Waals surface area contributed by atoms with Crippen LogP contribution in [0.3, 0.4) is 0 Å². The van der Waals surface area contributed by atoms with E-state index in [1.165, 1.54) is 6.07 Å². The van der Waals surface area contributed by atoms with Crippen molar-refractivity contribution in [2.45, 2.75) is 13.2 Å². The number of hydrogen-bond acceptors (Lipinski definition) is 2. The number of benzene rings is 2. The number of quaternary nitrogens is 1. The molecule has 0 aliphatic rings. The van der Waals surface area contributed by atoms with Crippen molar-refractivity contribution in [2.24, 2.45) is 0 Å². The molecular formula is C17H17ClFN4S+. The molecule has 0 fully saturated rings. The molecule has 0 amide bonds. The fourth-order valence-electron chi connectivity index (χ4n) is 2.53. The van der Waals surface area contributed by atoms with Crippen LogP contribution in [0.1, 0.15) is 5.56 Å². The van der Waals surface area contributed by atoms with E-state index >= 15 is 0 Å². The molecule has 24 heavy (non-hydrogen) atoms. The Hall–Kier alpha value is -2.02. The van der Waals surface area contributed by atoms with Gasteiger partial charge in [-0.2, -0.15) is 9.78 Å². The highest BCUT2D eigenvalue weighted by Crippen LogP contribution is 2.17. The van der Waals surface area contributed by atoms with Crippen molar-refractivity contribution < 1.29 is 9.29 Å². The molecule has 0 radical (unpaired) electrons. The fraction of sp³-hybridized carbons (Fsp3) is 0.176. The summed E-state index contributed by atoms with van der Waals surface area (Å²) in [7, 11) is 1.95. The first-order valence-electron chi connectivity index (χ1n) is 7.50. The van der Waals surface area contributed by atoms with Crippen molar-refractivity contribution in [3.8, 4) is 5.69 Å². The molecule has 0 saturated heterocycles. The number of aromatic nitrogens is 3. The van der Waals surface area contributed by atoms with E-state index in [1.807, 2.05) is 41.9 Å². The summed E-state index contributed by atoms with van der Waals surface area (Å²) in [5.41, 5.74) is 1.47. The van der Waals surface area contributed by atoms with E-state index in [9.17, 15) is 4.39 Å². The molecule has 0 aliphatic heterocycles. The first-order valence-corrected chi connectivity index (χ1v) is 8.29. The van der Waals surface area contributed by atoms with Gasteiger partial charge in [0.25, 0.3) is 0 Å². The van der Waals surface area contributed by atoms with Crippen LogP contribution in [0.5, 0.6) is 0 Å². The van der Waals surface area contributed by atoms with Crippen LogP contribution in [-0.2, 0) is 13.2 Å². The summed E-state index contributed by atoms with van der Waals surface area (Å²) in [4.78, 5) is 1.02. The monoisotopic (exact) mass is 363 g/mol. The zero-order valence-corrected chi connectivity index (χ0v) is 14.7. The van der Waals surface area contributed by atoms with Crippen LogP contribution in [0, 0.1) is 10.6 Å². The maximum Gasteiger partial charge on any atom is 0.207 e. The lowest BCUT2D eigenvalue weighted by molar-refractivity contribution is -0.917. The predicted molar refractivity (Wildman–Crippen MR) is 94.4 cm³/mol. The summed E-state index contributed by atoms with van der Waals surface area (Å²) in [6, 6.07) is 14.5. The van der Waals surface area contributed by atoms with Crippen LogP contribution in [-0.4, -0.2) is 21.4 Å². The zero-order valence-electron chi connectivity index (χ0n) is 13.1. The molecule has 1 aromatic heterocycles. The van der Waals surface area contributed by atoms with Crippen LogP contribution < -0.4 is 4.90 Å². The average molecular weight is 364 g/mol. The summed E-state index contributed by atoms with van der Waals surface area (Å²) in [6.45, 7) is 0.967. The number of nitrogens with zero attached hydrogens (tertiary/aromatic N) is 3. The average Bonchev–Trinajstić information content (AvgIpc) is 2.93. The van der Waals surface area contributed by atoms with E-state index in [2.05, 4.69) is 5.10 Å². The minimum absolute atomic E-state index is 0.291. The molecule has 0 aliphatic carbocycles. The lowest BCUT2D eigenvalue weighted by Gasteiger charge is -2.15. The van der Waals surface area contributed by atoms with Crippen LogP contribution in [0.4, 0.5) is 4.39 Å². The molecule has 124 valence electrons. The highest BCUT2D eigenvalue weighted by atomic mass is 35.5. The van der Waals surface area contributed by atoms with Crippen LogP contribution >= 0.6 is 23.8 Å². The minimum atomic E-state index is -0.291. The van der Waals surface area contributed by atoms with Gasteiger partial charge in [-0.3, -0.25) is 4.57 Å². The predicted octanol–water partition coefficient (Wildman–Crippen LogP) is 2.87. The van der Waals surface area contributed by atoms with Gasteiger partial charge in [0.2, 0.25) is 4.77 Å². The van der Waals surface area contributed by atoms with Crippen LogP contribution in [0.25, 0.3) is 5.69 Å². The summed E-state index contributed by atoms with van der Waals surface area (Å²) < 4.78 is 18.1. The van der Waals surface area contributed by atoms with Crippen LogP contribution in [0.15, 0.2) is 54.9 Å². The minimum Gasteiger partial charge on any atom is -0.315 e. The van der Waals surface area contributed by atoms with Gasteiger partial charge in [-0.05, 0) is 36.5 Å². The Morgan fingerprint density at radius 2 is 1.92 bits per heavy atom. The van der Waals surface area contributed by atoms with Gasteiger partial charge in [0.05, 0.1) is 17.6 Å². The van der Waals surface area contributed by atoms with E-state index in [1.54, 1.807) is 23.1 Å². The highest BCUT2D eigenvalue weighted by Gasteiger charge is 2.14. The van der Waals surface area contributed by atoms with Gasteiger partial charge in [-0.15, -0.1) is 0 Å². The van der Waals surface area contributed by atoms with Crippen molar-refractivity contribution in [3.63, 3.8) is 0 Å². The van der Waals surface area contributed by atoms with Gasteiger partial charge in [0.1, 0.15) is 18.7 Å². The van der Waals surface area contributed by atoms with E-state index in [0.29, 0.717) is 28.6 Å². The number of nitrogens with one attached hydrogen (secondary N) is 1. The van der Waals surface area contributed by atoms with Gasteiger partial charge >= 0.3 is 0 Å². The second-order valence-corrected chi connectivity index (χ2v) is 6.38. The summed E-state index contributed by atoms with van der Waals surface area (Å²) in [6.07, 6.45) is 1.70. The number of para-hydroxylation sites is 1. The molecule has 0 bridgehead atoms. The third-order valence-electron chi connectivity index (χ3n) is 3.73. The van der Waals surface area contributed by atoms with Crippen molar-refractivity contribution in [2.75, 3.05) is 7.05 Å². The zero-order chi connectivity index (χ0) is 17.1. The standard InChI is InChI=1S/C17H16ClFN4S/c1-21(10-14-15(18)8-5-9-16(14)19)12-23-17(24)22(11-20-23)13-6-3-2-4-7-13/h2-9,11H,10,12H2,1H3/p+1. The van der Waals surface area contributed by atoms with Gasteiger partial charge in [-0.1, -0.05) is 35.9 Å². The fourth-order valence-corrected chi connectivity index (χ4v) is 3.02. The Morgan fingerprint density at radius 3 is 2.62 bits per heavy atom. The molecule has 1 heterocycles. The molecule has 0 spiro atoms. The van der Waals surface area contributed by atoms with Gasteiger partial charge in [-0.25, -0.2) is 4.39 Å². The molecule has 7 heteroatoms. The smallest absolute Gasteiger partial charge is 0.207 e. The number of halogens is 2. The molecule has 1 atom stereocenters. The van der Waals surface area contributed by atoms with E-state index in [-0.39, 0.29) is 5.82 Å². The van der Waals surface area contributed by atoms with Crippen LogP contribution in [0.2, 0.25) is 5.02 Å². The third-order valence-corrected chi connectivity index (χ3v) is 4.49. The summed E-state index contributed by atoms with van der Waals surface area (Å²) in [5.74, 6) is -0.291. The van der Waals surface area contributed by atoms with E-state index < -0.39 is 0 Å². The maximum atomic E-state index is 13.9. The van der Waals surface area contributed by atoms with Crippen molar-refractivity contribution in [1.29, 1.82) is 0 Å². The molecule has 3 rings (SSSR count). The second kappa shape index (κ2) is 7.25. The molecule has 4 nitrogen and oxygen atoms in total. The number of hydrogen-bond donors (Lipinski definition) is 1. The maximum absolute atomic E-state index is 13.9. The summed E-state index contributed by atoms with van der Waals surface area (Å²) >= 11 is 11.6. The topological polar surface area (TPSA) is 27.2 Å².